The van der Waals surface area contributed by atoms with Gasteiger partial charge in [-0.05, 0) is 32.4 Å². The van der Waals surface area contributed by atoms with Gasteiger partial charge in [-0.3, -0.25) is 9.69 Å². The third kappa shape index (κ3) is 4.47. The summed E-state index contributed by atoms with van der Waals surface area (Å²) in [5, 5.41) is 2.93. The number of carbonyl (C=O) groups excluding carboxylic acids is 1. The van der Waals surface area contributed by atoms with Gasteiger partial charge in [-0.15, -0.1) is 0 Å². The van der Waals surface area contributed by atoms with Gasteiger partial charge in [0.15, 0.2) is 0 Å². The van der Waals surface area contributed by atoms with Crippen molar-refractivity contribution in [3.05, 3.63) is 29.8 Å². The Balaban J connectivity index is 2.58. The van der Waals surface area contributed by atoms with Crippen LogP contribution in [-0.2, 0) is 4.79 Å². The number of anilines is 1. The Morgan fingerprint density at radius 1 is 1.39 bits per heavy atom. The van der Waals surface area contributed by atoms with Gasteiger partial charge in [0.2, 0.25) is 5.91 Å². The Hall–Kier alpha value is -1.39. The number of nitrogens with one attached hydrogen (secondary N) is 1. The molecule has 0 aliphatic heterocycles. The van der Waals surface area contributed by atoms with Crippen LogP contribution in [0.1, 0.15) is 19.4 Å². The van der Waals surface area contributed by atoms with Crippen LogP contribution >= 0.6 is 0 Å². The quantitative estimate of drug-likeness (QED) is 0.805. The van der Waals surface area contributed by atoms with Gasteiger partial charge in [-0.2, -0.15) is 0 Å². The first-order valence-electron chi connectivity index (χ1n) is 6.34. The summed E-state index contributed by atoms with van der Waals surface area (Å²) >= 11 is 0. The van der Waals surface area contributed by atoms with Crippen LogP contribution in [0.3, 0.4) is 0 Å². The molecule has 0 unspecified atom stereocenters. The van der Waals surface area contributed by atoms with Crippen LogP contribution in [0.4, 0.5) is 5.69 Å². The van der Waals surface area contributed by atoms with Crippen molar-refractivity contribution in [2.45, 2.75) is 26.8 Å². The summed E-state index contributed by atoms with van der Waals surface area (Å²) in [7, 11) is 0. The second kappa shape index (κ2) is 7.13. The molecule has 4 nitrogen and oxygen atoms in total. The van der Waals surface area contributed by atoms with E-state index in [4.69, 9.17) is 5.73 Å². The van der Waals surface area contributed by atoms with Gasteiger partial charge in [0.1, 0.15) is 0 Å². The number of rotatable bonds is 6. The highest BCUT2D eigenvalue weighted by Crippen LogP contribution is 2.13. The second-order valence-electron chi connectivity index (χ2n) is 4.72. The summed E-state index contributed by atoms with van der Waals surface area (Å²) in [4.78, 5) is 14.0. The molecule has 0 fully saturated rings. The van der Waals surface area contributed by atoms with Crippen molar-refractivity contribution in [3.8, 4) is 0 Å². The van der Waals surface area contributed by atoms with Gasteiger partial charge in [-0.25, -0.2) is 0 Å². The van der Waals surface area contributed by atoms with Crippen LogP contribution in [0, 0.1) is 6.92 Å². The Labute approximate surface area is 109 Å². The van der Waals surface area contributed by atoms with Crippen LogP contribution in [-0.4, -0.2) is 36.5 Å². The van der Waals surface area contributed by atoms with E-state index < -0.39 is 0 Å². The maximum absolute atomic E-state index is 12.0. The molecule has 0 heterocycles. The number of para-hydroxylation sites is 1. The molecule has 0 saturated heterocycles. The molecule has 0 saturated carbocycles. The number of benzene rings is 1. The SMILES string of the molecule is Cc1ccccc1NC(=O)CN(CCN)C(C)C. The van der Waals surface area contributed by atoms with E-state index in [0.29, 0.717) is 19.1 Å². The second-order valence-corrected chi connectivity index (χ2v) is 4.72. The Bertz CT molecular complexity index is 390. The lowest BCUT2D eigenvalue weighted by atomic mass is 10.2. The summed E-state index contributed by atoms with van der Waals surface area (Å²) in [6.07, 6.45) is 0. The molecule has 0 atom stereocenters. The number of hydrogen-bond acceptors (Lipinski definition) is 3. The fraction of sp³-hybridized carbons (Fsp3) is 0.500. The largest absolute Gasteiger partial charge is 0.329 e. The maximum atomic E-state index is 12.0. The van der Waals surface area contributed by atoms with E-state index in [2.05, 4.69) is 24.1 Å². The number of nitrogens with zero attached hydrogens (tertiary/aromatic N) is 1. The molecule has 0 radical (unpaired) electrons. The molecule has 0 bridgehead atoms. The van der Waals surface area contributed by atoms with Crippen molar-refractivity contribution >= 4 is 11.6 Å². The minimum Gasteiger partial charge on any atom is -0.329 e. The molecule has 0 spiro atoms. The zero-order chi connectivity index (χ0) is 13.5. The monoisotopic (exact) mass is 249 g/mol. The molecule has 3 N–H and O–H groups in total. The van der Waals surface area contributed by atoms with E-state index in [9.17, 15) is 4.79 Å². The third-order valence-electron chi connectivity index (χ3n) is 2.91. The molecule has 1 amide bonds. The van der Waals surface area contributed by atoms with Gasteiger partial charge in [0.05, 0.1) is 6.54 Å². The van der Waals surface area contributed by atoms with Crippen molar-refractivity contribution < 1.29 is 4.79 Å². The highest BCUT2D eigenvalue weighted by molar-refractivity contribution is 5.92. The van der Waals surface area contributed by atoms with Crippen LogP contribution < -0.4 is 11.1 Å². The molecule has 4 heteroatoms. The average molecular weight is 249 g/mol. The molecule has 100 valence electrons. The van der Waals surface area contributed by atoms with E-state index in [1.807, 2.05) is 31.2 Å². The molecule has 1 aromatic carbocycles. The van der Waals surface area contributed by atoms with Crippen molar-refractivity contribution in [2.75, 3.05) is 25.0 Å². The minimum atomic E-state index is 0.00597. The van der Waals surface area contributed by atoms with Gasteiger partial charge < -0.3 is 11.1 Å². The zero-order valence-corrected chi connectivity index (χ0v) is 11.4. The maximum Gasteiger partial charge on any atom is 0.238 e. The van der Waals surface area contributed by atoms with E-state index in [0.717, 1.165) is 17.8 Å². The first kappa shape index (κ1) is 14.7. The van der Waals surface area contributed by atoms with Gasteiger partial charge >= 0.3 is 0 Å². The summed E-state index contributed by atoms with van der Waals surface area (Å²) in [6, 6.07) is 8.09. The molecular weight excluding hydrogens is 226 g/mol. The Morgan fingerprint density at radius 2 is 2.06 bits per heavy atom. The number of hydrogen-bond donors (Lipinski definition) is 2. The van der Waals surface area contributed by atoms with Crippen molar-refractivity contribution in [3.63, 3.8) is 0 Å². The van der Waals surface area contributed by atoms with Crippen molar-refractivity contribution in [1.82, 2.24) is 4.90 Å². The smallest absolute Gasteiger partial charge is 0.238 e. The van der Waals surface area contributed by atoms with E-state index >= 15 is 0 Å². The van der Waals surface area contributed by atoms with E-state index in [1.165, 1.54) is 0 Å². The average Bonchev–Trinajstić information content (AvgIpc) is 2.31. The predicted molar refractivity (Wildman–Crippen MR) is 75.6 cm³/mol. The molecule has 1 aromatic rings. The van der Waals surface area contributed by atoms with Gasteiger partial charge in [0.25, 0.3) is 0 Å². The predicted octanol–water partition coefficient (Wildman–Crippen LogP) is 1.60. The molecule has 18 heavy (non-hydrogen) atoms. The Kier molecular flexibility index (Phi) is 5.82. The van der Waals surface area contributed by atoms with Gasteiger partial charge in [0, 0.05) is 24.8 Å². The fourth-order valence-electron chi connectivity index (χ4n) is 1.77. The van der Waals surface area contributed by atoms with Crippen LogP contribution in [0.15, 0.2) is 24.3 Å². The first-order valence-corrected chi connectivity index (χ1v) is 6.34. The van der Waals surface area contributed by atoms with Crippen molar-refractivity contribution in [1.29, 1.82) is 0 Å². The highest BCUT2D eigenvalue weighted by atomic mass is 16.2. The first-order chi connectivity index (χ1) is 8.54. The van der Waals surface area contributed by atoms with Crippen LogP contribution in [0.25, 0.3) is 0 Å². The normalized spacial score (nSPS) is 11.0. The van der Waals surface area contributed by atoms with Crippen LogP contribution in [0.2, 0.25) is 0 Å². The summed E-state index contributed by atoms with van der Waals surface area (Å²) in [6.45, 7) is 7.79. The number of amides is 1. The molecule has 1 rings (SSSR count). The van der Waals surface area contributed by atoms with E-state index in [-0.39, 0.29) is 5.91 Å². The molecular formula is C14H23N3O. The summed E-state index contributed by atoms with van der Waals surface area (Å²) in [5.74, 6) is 0.00597. The Morgan fingerprint density at radius 3 is 2.61 bits per heavy atom. The summed E-state index contributed by atoms with van der Waals surface area (Å²) < 4.78 is 0. The minimum absolute atomic E-state index is 0.00597. The third-order valence-corrected chi connectivity index (χ3v) is 2.91. The lowest BCUT2D eigenvalue weighted by molar-refractivity contribution is -0.117. The molecule has 0 aliphatic rings. The van der Waals surface area contributed by atoms with Crippen molar-refractivity contribution in [2.24, 2.45) is 5.73 Å². The topological polar surface area (TPSA) is 58.4 Å². The lowest BCUT2D eigenvalue weighted by Crippen LogP contribution is -2.40. The lowest BCUT2D eigenvalue weighted by Gasteiger charge is -2.25. The molecule has 0 aliphatic carbocycles. The molecule has 0 aromatic heterocycles. The standard InChI is InChI=1S/C14H23N3O/c1-11(2)17(9-8-15)10-14(18)16-13-7-5-4-6-12(13)3/h4-7,11H,8-10,15H2,1-3H3,(H,16,18). The fourth-order valence-corrected chi connectivity index (χ4v) is 1.77. The number of carbonyl (C=O) groups is 1. The highest BCUT2D eigenvalue weighted by Gasteiger charge is 2.13. The number of aryl methyl sites for hydroxylation is 1. The van der Waals surface area contributed by atoms with Crippen LogP contribution in [0.5, 0.6) is 0 Å². The summed E-state index contributed by atoms with van der Waals surface area (Å²) in [5.41, 5.74) is 7.49. The van der Waals surface area contributed by atoms with Gasteiger partial charge in [-0.1, -0.05) is 18.2 Å². The number of nitrogens with two attached hydrogens (primary N) is 1. The zero-order valence-electron chi connectivity index (χ0n) is 11.4. The van der Waals surface area contributed by atoms with E-state index in [1.54, 1.807) is 0 Å².